The molecular formula is C13H25NO3. The number of ether oxygens (including phenoxy) is 1. The Morgan fingerprint density at radius 1 is 1.53 bits per heavy atom. The lowest BCUT2D eigenvalue weighted by Crippen LogP contribution is -2.68. The predicted molar refractivity (Wildman–Crippen MR) is 66.6 cm³/mol. The van der Waals surface area contributed by atoms with Gasteiger partial charge < -0.3 is 15.2 Å². The van der Waals surface area contributed by atoms with E-state index >= 15 is 0 Å². The summed E-state index contributed by atoms with van der Waals surface area (Å²) in [5.41, 5.74) is -1.16. The zero-order chi connectivity index (χ0) is 13.3. The molecule has 1 aliphatic rings. The molecule has 1 amide bonds. The van der Waals surface area contributed by atoms with Crippen molar-refractivity contribution in [1.82, 2.24) is 5.32 Å². The van der Waals surface area contributed by atoms with E-state index in [9.17, 15) is 9.90 Å². The first-order valence-corrected chi connectivity index (χ1v) is 6.36. The molecule has 4 heteroatoms. The summed E-state index contributed by atoms with van der Waals surface area (Å²) in [6.07, 6.45) is 0.667. The minimum Gasteiger partial charge on any atom is -0.387 e. The molecule has 0 saturated heterocycles. The summed E-state index contributed by atoms with van der Waals surface area (Å²) >= 11 is 0. The van der Waals surface area contributed by atoms with Crippen LogP contribution in [0.3, 0.4) is 0 Å². The Hall–Kier alpha value is -0.610. The highest BCUT2D eigenvalue weighted by molar-refractivity contribution is 5.77. The van der Waals surface area contributed by atoms with Crippen LogP contribution in [-0.2, 0) is 9.53 Å². The summed E-state index contributed by atoms with van der Waals surface area (Å²) in [6.45, 7) is 10.6. The van der Waals surface area contributed by atoms with E-state index in [2.05, 4.69) is 5.32 Å². The highest BCUT2D eigenvalue weighted by Gasteiger charge is 2.59. The number of rotatable bonds is 5. The molecule has 2 atom stereocenters. The Labute approximate surface area is 104 Å². The Morgan fingerprint density at radius 2 is 2.12 bits per heavy atom. The number of carbonyl (C=O) groups is 1. The molecule has 1 saturated carbocycles. The summed E-state index contributed by atoms with van der Waals surface area (Å²) in [5.74, 6) is -0.0708. The molecule has 0 radical (unpaired) electrons. The van der Waals surface area contributed by atoms with Crippen molar-refractivity contribution in [3.8, 4) is 0 Å². The molecule has 0 heterocycles. The molecule has 0 unspecified atom stereocenters. The van der Waals surface area contributed by atoms with Crippen LogP contribution in [0, 0.1) is 11.3 Å². The molecule has 17 heavy (non-hydrogen) atoms. The third kappa shape index (κ3) is 2.63. The second kappa shape index (κ2) is 4.94. The fourth-order valence-corrected chi connectivity index (χ4v) is 2.20. The Balaban J connectivity index is 2.52. The number of aliphatic hydroxyl groups is 1. The lowest BCUT2D eigenvalue weighted by atomic mass is 9.56. The average molecular weight is 243 g/mol. The van der Waals surface area contributed by atoms with Gasteiger partial charge in [-0.1, -0.05) is 27.7 Å². The lowest BCUT2D eigenvalue weighted by Gasteiger charge is -2.58. The molecule has 1 rings (SSSR count). The van der Waals surface area contributed by atoms with Crippen LogP contribution >= 0.6 is 0 Å². The first kappa shape index (κ1) is 14.5. The first-order valence-electron chi connectivity index (χ1n) is 6.36. The average Bonchev–Trinajstić information content (AvgIpc) is 2.25. The van der Waals surface area contributed by atoms with Crippen LogP contribution in [-0.4, -0.2) is 35.9 Å². The topological polar surface area (TPSA) is 58.6 Å². The minimum absolute atomic E-state index is 0.0194. The van der Waals surface area contributed by atoms with Gasteiger partial charge in [0, 0.05) is 30.9 Å². The maximum atomic E-state index is 11.5. The lowest BCUT2D eigenvalue weighted by molar-refractivity contribution is -0.238. The van der Waals surface area contributed by atoms with E-state index in [1.807, 2.05) is 34.6 Å². The summed E-state index contributed by atoms with van der Waals surface area (Å²) in [5, 5.41) is 13.3. The molecular weight excluding hydrogens is 218 g/mol. The summed E-state index contributed by atoms with van der Waals surface area (Å²) in [7, 11) is 0. The minimum atomic E-state index is -0.850. The SMILES string of the molecule is CCO[C@@H]1C[C@](O)(CNC(=O)C(C)C)C1(C)C. The molecule has 1 fully saturated rings. The van der Waals surface area contributed by atoms with E-state index < -0.39 is 5.60 Å². The van der Waals surface area contributed by atoms with Gasteiger partial charge >= 0.3 is 0 Å². The van der Waals surface area contributed by atoms with Crippen LogP contribution in [0.5, 0.6) is 0 Å². The second-order valence-electron chi connectivity index (χ2n) is 5.77. The maximum absolute atomic E-state index is 11.5. The summed E-state index contributed by atoms with van der Waals surface area (Å²) in [6, 6.07) is 0. The molecule has 0 aromatic rings. The maximum Gasteiger partial charge on any atom is 0.222 e. The molecule has 0 aromatic heterocycles. The van der Waals surface area contributed by atoms with Crippen molar-refractivity contribution in [1.29, 1.82) is 0 Å². The first-order chi connectivity index (χ1) is 7.74. The van der Waals surface area contributed by atoms with Crippen molar-refractivity contribution in [3.05, 3.63) is 0 Å². The summed E-state index contributed by atoms with van der Waals surface area (Å²) in [4.78, 5) is 11.5. The van der Waals surface area contributed by atoms with Crippen molar-refractivity contribution in [3.63, 3.8) is 0 Å². The van der Waals surface area contributed by atoms with Gasteiger partial charge in [-0.05, 0) is 6.92 Å². The Kier molecular flexibility index (Phi) is 4.20. The predicted octanol–water partition coefficient (Wildman–Crippen LogP) is 1.32. The van der Waals surface area contributed by atoms with Gasteiger partial charge in [0.1, 0.15) is 0 Å². The van der Waals surface area contributed by atoms with E-state index in [-0.39, 0.29) is 23.3 Å². The zero-order valence-corrected chi connectivity index (χ0v) is 11.5. The van der Waals surface area contributed by atoms with E-state index in [4.69, 9.17) is 4.74 Å². The molecule has 1 aliphatic carbocycles. The van der Waals surface area contributed by atoms with Gasteiger partial charge in [0.25, 0.3) is 0 Å². The van der Waals surface area contributed by atoms with Gasteiger partial charge in [0.15, 0.2) is 0 Å². The third-order valence-corrected chi connectivity index (χ3v) is 3.97. The van der Waals surface area contributed by atoms with E-state index in [0.717, 1.165) is 0 Å². The Bertz CT molecular complexity index is 288. The number of amides is 1. The summed E-state index contributed by atoms with van der Waals surface area (Å²) < 4.78 is 5.57. The van der Waals surface area contributed by atoms with E-state index in [0.29, 0.717) is 19.6 Å². The van der Waals surface area contributed by atoms with Crippen LogP contribution in [0.2, 0.25) is 0 Å². The van der Waals surface area contributed by atoms with E-state index in [1.165, 1.54) is 0 Å². The van der Waals surface area contributed by atoms with Crippen molar-refractivity contribution >= 4 is 5.91 Å². The van der Waals surface area contributed by atoms with Gasteiger partial charge in [0.2, 0.25) is 5.91 Å². The number of carbonyl (C=O) groups excluding carboxylic acids is 1. The monoisotopic (exact) mass is 243 g/mol. The standard InChI is InChI=1S/C13H25NO3/c1-6-17-10-7-13(16,12(10,4)5)8-14-11(15)9(2)3/h9-10,16H,6-8H2,1-5H3,(H,14,15)/t10-,13+/m1/s1. The molecule has 0 spiro atoms. The largest absolute Gasteiger partial charge is 0.387 e. The van der Waals surface area contributed by atoms with Gasteiger partial charge in [-0.2, -0.15) is 0 Å². The van der Waals surface area contributed by atoms with Crippen LogP contribution in [0.25, 0.3) is 0 Å². The molecule has 0 aromatic carbocycles. The quantitative estimate of drug-likeness (QED) is 0.765. The highest BCUT2D eigenvalue weighted by atomic mass is 16.5. The van der Waals surface area contributed by atoms with Crippen LogP contribution < -0.4 is 5.32 Å². The van der Waals surface area contributed by atoms with Crippen LogP contribution in [0.1, 0.15) is 41.0 Å². The van der Waals surface area contributed by atoms with Gasteiger partial charge in [-0.15, -0.1) is 0 Å². The van der Waals surface area contributed by atoms with Crippen LogP contribution in [0.4, 0.5) is 0 Å². The van der Waals surface area contributed by atoms with E-state index in [1.54, 1.807) is 0 Å². The van der Waals surface area contributed by atoms with Gasteiger partial charge in [-0.3, -0.25) is 4.79 Å². The van der Waals surface area contributed by atoms with Crippen molar-refractivity contribution < 1.29 is 14.6 Å². The van der Waals surface area contributed by atoms with Gasteiger partial charge in [-0.25, -0.2) is 0 Å². The zero-order valence-electron chi connectivity index (χ0n) is 11.5. The molecule has 0 aliphatic heterocycles. The Morgan fingerprint density at radius 3 is 2.53 bits per heavy atom. The van der Waals surface area contributed by atoms with Crippen molar-refractivity contribution in [2.24, 2.45) is 11.3 Å². The normalized spacial score (nSPS) is 31.1. The smallest absolute Gasteiger partial charge is 0.222 e. The molecule has 100 valence electrons. The van der Waals surface area contributed by atoms with Crippen LogP contribution in [0.15, 0.2) is 0 Å². The molecule has 0 bridgehead atoms. The second-order valence-corrected chi connectivity index (χ2v) is 5.77. The number of hydrogen-bond donors (Lipinski definition) is 2. The highest BCUT2D eigenvalue weighted by Crippen LogP contribution is 2.50. The molecule has 2 N–H and O–H groups in total. The molecule has 4 nitrogen and oxygen atoms in total. The fraction of sp³-hybridized carbons (Fsp3) is 0.923. The van der Waals surface area contributed by atoms with Crippen molar-refractivity contribution in [2.75, 3.05) is 13.2 Å². The number of nitrogens with one attached hydrogen (secondary N) is 1. The number of hydrogen-bond acceptors (Lipinski definition) is 3. The third-order valence-electron chi connectivity index (χ3n) is 3.97. The van der Waals surface area contributed by atoms with Crippen molar-refractivity contribution in [2.45, 2.75) is 52.7 Å². The van der Waals surface area contributed by atoms with Gasteiger partial charge in [0.05, 0.1) is 11.7 Å². The fourth-order valence-electron chi connectivity index (χ4n) is 2.20.